The second kappa shape index (κ2) is 6.20. The minimum absolute atomic E-state index is 0.543. The monoisotopic (exact) mass is 296 g/mol. The van der Waals surface area contributed by atoms with Gasteiger partial charge in [-0.1, -0.05) is 13.0 Å². The molecule has 3 aromatic rings. The third kappa shape index (κ3) is 2.57. The lowest BCUT2D eigenvalue weighted by Gasteiger charge is -2.11. The van der Waals surface area contributed by atoms with E-state index in [1.165, 1.54) is 0 Å². The maximum absolute atomic E-state index is 10.4. The van der Waals surface area contributed by atoms with Crippen LogP contribution in [0.1, 0.15) is 32.1 Å². The highest BCUT2D eigenvalue weighted by Crippen LogP contribution is 2.31. The second-order valence-corrected chi connectivity index (χ2v) is 5.16. The molecule has 0 aliphatic rings. The molecule has 0 spiro atoms. The normalized spacial score (nSPS) is 12.5. The number of imidazole rings is 1. The highest BCUT2D eigenvalue weighted by atomic mass is 16.5. The van der Waals surface area contributed by atoms with Gasteiger partial charge in [0, 0.05) is 11.8 Å². The van der Waals surface area contributed by atoms with E-state index in [2.05, 4.69) is 4.98 Å². The van der Waals surface area contributed by atoms with Crippen LogP contribution < -0.4 is 4.74 Å². The molecule has 0 saturated carbocycles. The Labute approximate surface area is 130 Å². The number of benzene rings is 1. The Hall–Kier alpha value is -2.33. The van der Waals surface area contributed by atoms with Crippen molar-refractivity contribution in [2.24, 2.45) is 0 Å². The molecule has 0 amide bonds. The molecule has 114 valence electrons. The van der Waals surface area contributed by atoms with Crippen molar-refractivity contribution < 1.29 is 9.84 Å². The van der Waals surface area contributed by atoms with E-state index in [0.29, 0.717) is 13.0 Å². The van der Waals surface area contributed by atoms with E-state index in [9.17, 15) is 5.11 Å². The number of hydrogen-bond donors (Lipinski definition) is 1. The fourth-order valence-corrected chi connectivity index (χ4v) is 2.61. The van der Waals surface area contributed by atoms with Crippen molar-refractivity contribution in [3.8, 4) is 17.0 Å². The van der Waals surface area contributed by atoms with Crippen LogP contribution in [0.2, 0.25) is 0 Å². The molecule has 0 aliphatic heterocycles. The summed E-state index contributed by atoms with van der Waals surface area (Å²) >= 11 is 0. The van der Waals surface area contributed by atoms with E-state index in [-0.39, 0.29) is 0 Å². The maximum Gasteiger partial charge on any atom is 0.137 e. The Morgan fingerprint density at radius 1 is 1.14 bits per heavy atom. The number of fused-ring (bicyclic) bond motifs is 1. The third-order valence-corrected chi connectivity index (χ3v) is 3.71. The molecule has 4 heteroatoms. The molecule has 2 heterocycles. The number of aliphatic hydroxyl groups excluding tert-OH is 1. The van der Waals surface area contributed by atoms with Gasteiger partial charge >= 0.3 is 0 Å². The number of ether oxygens (including phenoxy) is 1. The van der Waals surface area contributed by atoms with Gasteiger partial charge < -0.3 is 14.2 Å². The van der Waals surface area contributed by atoms with E-state index in [0.717, 1.165) is 28.3 Å². The topological polar surface area (TPSA) is 46.8 Å². The first-order valence-electron chi connectivity index (χ1n) is 7.62. The van der Waals surface area contributed by atoms with Crippen LogP contribution >= 0.6 is 0 Å². The Morgan fingerprint density at radius 2 is 1.91 bits per heavy atom. The van der Waals surface area contributed by atoms with E-state index in [1.807, 2.05) is 66.9 Å². The van der Waals surface area contributed by atoms with Crippen LogP contribution in [0.4, 0.5) is 0 Å². The van der Waals surface area contributed by atoms with Crippen molar-refractivity contribution in [1.82, 2.24) is 9.38 Å². The van der Waals surface area contributed by atoms with Crippen LogP contribution in [0.15, 0.2) is 48.7 Å². The first-order valence-corrected chi connectivity index (χ1v) is 7.62. The standard InChI is InChI=1S/C18H20N2O2/c1-3-15(21)18-17(19-16-7-5-6-12-20(16)18)13-8-10-14(11-9-13)22-4-2/h5-12,15,21H,3-4H2,1-2H3. The van der Waals surface area contributed by atoms with E-state index < -0.39 is 6.10 Å². The number of nitrogens with zero attached hydrogens (tertiary/aromatic N) is 2. The Kier molecular flexibility index (Phi) is 4.11. The molecule has 1 N–H and O–H groups in total. The van der Waals surface area contributed by atoms with Gasteiger partial charge in [0.15, 0.2) is 0 Å². The van der Waals surface area contributed by atoms with Gasteiger partial charge in [-0.05, 0) is 49.7 Å². The van der Waals surface area contributed by atoms with Gasteiger partial charge in [-0.25, -0.2) is 4.98 Å². The van der Waals surface area contributed by atoms with Gasteiger partial charge in [-0.15, -0.1) is 0 Å². The second-order valence-electron chi connectivity index (χ2n) is 5.16. The zero-order valence-electron chi connectivity index (χ0n) is 12.9. The Morgan fingerprint density at radius 3 is 2.59 bits per heavy atom. The van der Waals surface area contributed by atoms with Gasteiger partial charge in [0.2, 0.25) is 0 Å². The summed E-state index contributed by atoms with van der Waals surface area (Å²) in [5.41, 5.74) is 3.48. The van der Waals surface area contributed by atoms with Gasteiger partial charge in [0.1, 0.15) is 11.4 Å². The Bertz CT molecular complexity index is 762. The van der Waals surface area contributed by atoms with Crippen molar-refractivity contribution in [2.45, 2.75) is 26.4 Å². The summed E-state index contributed by atoms with van der Waals surface area (Å²) in [6, 6.07) is 13.7. The molecule has 3 rings (SSSR count). The quantitative estimate of drug-likeness (QED) is 0.778. The number of aromatic nitrogens is 2. The highest BCUT2D eigenvalue weighted by Gasteiger charge is 2.19. The summed E-state index contributed by atoms with van der Waals surface area (Å²) in [4.78, 5) is 4.69. The lowest BCUT2D eigenvalue weighted by molar-refractivity contribution is 0.168. The molecule has 0 saturated heterocycles. The van der Waals surface area contributed by atoms with Crippen LogP contribution in [-0.4, -0.2) is 21.1 Å². The first kappa shape index (κ1) is 14.6. The lowest BCUT2D eigenvalue weighted by Crippen LogP contribution is -2.02. The van der Waals surface area contributed by atoms with E-state index in [1.54, 1.807) is 0 Å². The summed E-state index contributed by atoms with van der Waals surface area (Å²) in [7, 11) is 0. The summed E-state index contributed by atoms with van der Waals surface area (Å²) in [5.74, 6) is 0.840. The predicted molar refractivity (Wildman–Crippen MR) is 87.0 cm³/mol. The van der Waals surface area contributed by atoms with Crippen LogP contribution in [0.3, 0.4) is 0 Å². The van der Waals surface area contributed by atoms with Crippen LogP contribution in [0.25, 0.3) is 16.9 Å². The van der Waals surface area contributed by atoms with Crippen molar-refractivity contribution in [2.75, 3.05) is 6.61 Å². The number of pyridine rings is 1. The summed E-state index contributed by atoms with van der Waals surface area (Å²) in [6.07, 6.45) is 2.04. The van der Waals surface area contributed by atoms with Crippen LogP contribution in [0.5, 0.6) is 5.75 Å². The van der Waals surface area contributed by atoms with Gasteiger partial charge in [-0.3, -0.25) is 0 Å². The number of hydrogen-bond acceptors (Lipinski definition) is 3. The molecular formula is C18H20N2O2. The van der Waals surface area contributed by atoms with Crippen LogP contribution in [-0.2, 0) is 0 Å². The molecule has 0 radical (unpaired) electrons. The molecule has 4 nitrogen and oxygen atoms in total. The number of aliphatic hydroxyl groups is 1. The summed E-state index contributed by atoms with van der Waals surface area (Å²) in [6.45, 7) is 4.58. The molecule has 1 atom stereocenters. The molecule has 22 heavy (non-hydrogen) atoms. The van der Waals surface area contributed by atoms with Gasteiger partial charge in [-0.2, -0.15) is 0 Å². The average Bonchev–Trinajstić information content (AvgIpc) is 2.94. The summed E-state index contributed by atoms with van der Waals surface area (Å²) in [5, 5.41) is 10.4. The SMILES string of the molecule is CCOc1ccc(-c2nc3ccccn3c2C(O)CC)cc1. The zero-order valence-corrected chi connectivity index (χ0v) is 12.9. The van der Waals surface area contributed by atoms with Crippen molar-refractivity contribution >= 4 is 5.65 Å². The number of rotatable bonds is 5. The predicted octanol–water partition coefficient (Wildman–Crippen LogP) is 3.84. The lowest BCUT2D eigenvalue weighted by atomic mass is 10.1. The zero-order chi connectivity index (χ0) is 15.5. The molecule has 1 aromatic carbocycles. The fraction of sp³-hybridized carbons (Fsp3) is 0.278. The smallest absolute Gasteiger partial charge is 0.137 e. The van der Waals surface area contributed by atoms with Gasteiger partial charge in [0.05, 0.1) is 24.1 Å². The maximum atomic E-state index is 10.4. The third-order valence-electron chi connectivity index (χ3n) is 3.71. The van der Waals surface area contributed by atoms with Crippen LogP contribution in [0, 0.1) is 0 Å². The van der Waals surface area contributed by atoms with Crippen molar-refractivity contribution in [3.05, 3.63) is 54.4 Å². The largest absolute Gasteiger partial charge is 0.494 e. The summed E-state index contributed by atoms with van der Waals surface area (Å²) < 4.78 is 7.44. The molecule has 0 bridgehead atoms. The average molecular weight is 296 g/mol. The minimum Gasteiger partial charge on any atom is -0.494 e. The first-order chi connectivity index (χ1) is 10.7. The van der Waals surface area contributed by atoms with Crippen molar-refractivity contribution in [3.63, 3.8) is 0 Å². The minimum atomic E-state index is -0.543. The van der Waals surface area contributed by atoms with Crippen molar-refractivity contribution in [1.29, 1.82) is 0 Å². The molecule has 2 aromatic heterocycles. The fourth-order valence-electron chi connectivity index (χ4n) is 2.61. The van der Waals surface area contributed by atoms with E-state index in [4.69, 9.17) is 4.74 Å². The highest BCUT2D eigenvalue weighted by molar-refractivity contribution is 5.67. The molecular weight excluding hydrogens is 276 g/mol. The van der Waals surface area contributed by atoms with E-state index >= 15 is 0 Å². The Balaban J connectivity index is 2.12. The molecule has 1 unspecified atom stereocenters. The molecule has 0 aliphatic carbocycles. The van der Waals surface area contributed by atoms with Gasteiger partial charge in [0.25, 0.3) is 0 Å². The molecule has 0 fully saturated rings.